The van der Waals surface area contributed by atoms with E-state index in [-0.39, 0.29) is 10.5 Å². The predicted octanol–water partition coefficient (Wildman–Crippen LogP) is 2.87. The number of nitrogens with zero attached hydrogens (tertiary/aromatic N) is 1. The minimum absolute atomic E-state index is 0.233. The van der Waals surface area contributed by atoms with Gasteiger partial charge in [-0.05, 0) is 57.5 Å². The molecular formula is C14H23NOS. The van der Waals surface area contributed by atoms with Gasteiger partial charge in [0.05, 0.1) is 5.60 Å². The third-order valence-corrected chi connectivity index (χ3v) is 7.06. The van der Waals surface area contributed by atoms with E-state index in [0.29, 0.717) is 0 Å². The first-order chi connectivity index (χ1) is 8.30. The predicted molar refractivity (Wildman–Crippen MR) is 71.3 cm³/mol. The van der Waals surface area contributed by atoms with Crippen LogP contribution in [0.3, 0.4) is 0 Å². The summed E-state index contributed by atoms with van der Waals surface area (Å²) in [5.41, 5.74) is 0.249. The third kappa shape index (κ3) is 1.69. The van der Waals surface area contributed by atoms with Crippen molar-refractivity contribution in [3.63, 3.8) is 0 Å². The van der Waals surface area contributed by atoms with Crippen LogP contribution in [0.5, 0.6) is 0 Å². The van der Waals surface area contributed by atoms with E-state index < -0.39 is 0 Å². The van der Waals surface area contributed by atoms with Crippen molar-refractivity contribution in [3.8, 4) is 0 Å². The molecular weight excluding hydrogens is 230 g/mol. The molecule has 5 aliphatic rings. The molecule has 1 saturated carbocycles. The van der Waals surface area contributed by atoms with Gasteiger partial charge in [0.15, 0.2) is 0 Å². The van der Waals surface area contributed by atoms with Crippen LogP contribution in [-0.2, 0) is 4.74 Å². The Morgan fingerprint density at radius 3 is 2.47 bits per heavy atom. The standard InChI is InChI=1S/C14H23NOS/c1-2-6-14(7-3-1)16-13(11-17-14)10-15-8-4-12(13)5-9-15/h12H,1-11H2. The Kier molecular flexibility index (Phi) is 2.54. The summed E-state index contributed by atoms with van der Waals surface area (Å²) in [4.78, 5) is 2.87. The summed E-state index contributed by atoms with van der Waals surface area (Å²) in [5.74, 6) is 2.13. The number of thioether (sulfide) groups is 1. The van der Waals surface area contributed by atoms with Crippen LogP contribution in [0.1, 0.15) is 44.9 Å². The highest BCUT2D eigenvalue weighted by molar-refractivity contribution is 8.00. The van der Waals surface area contributed by atoms with E-state index in [1.807, 2.05) is 0 Å². The fraction of sp³-hybridized carbons (Fsp3) is 1.00. The van der Waals surface area contributed by atoms with Crippen molar-refractivity contribution in [2.75, 3.05) is 25.4 Å². The van der Waals surface area contributed by atoms with E-state index in [0.717, 1.165) is 5.92 Å². The van der Waals surface area contributed by atoms with Gasteiger partial charge in [-0.25, -0.2) is 0 Å². The van der Waals surface area contributed by atoms with Crippen molar-refractivity contribution in [1.82, 2.24) is 4.90 Å². The number of ether oxygens (including phenoxy) is 1. The van der Waals surface area contributed by atoms with Crippen LogP contribution in [0.2, 0.25) is 0 Å². The Morgan fingerprint density at radius 1 is 1.06 bits per heavy atom. The van der Waals surface area contributed by atoms with E-state index in [9.17, 15) is 0 Å². The average Bonchev–Trinajstić information content (AvgIpc) is 2.70. The second-order valence-corrected chi connectivity index (χ2v) is 7.80. The Bertz CT molecular complexity index is 307. The van der Waals surface area contributed by atoms with E-state index in [2.05, 4.69) is 16.7 Å². The molecule has 0 aromatic carbocycles. The molecule has 1 unspecified atom stereocenters. The molecule has 4 heterocycles. The average molecular weight is 253 g/mol. The largest absolute Gasteiger partial charge is 0.355 e. The molecule has 0 radical (unpaired) electrons. The molecule has 0 amide bonds. The molecule has 1 atom stereocenters. The van der Waals surface area contributed by atoms with Gasteiger partial charge in [-0.3, -0.25) is 0 Å². The summed E-state index contributed by atoms with van der Waals surface area (Å²) in [7, 11) is 0. The van der Waals surface area contributed by atoms with Gasteiger partial charge in [0.25, 0.3) is 0 Å². The zero-order valence-corrected chi connectivity index (χ0v) is 11.4. The van der Waals surface area contributed by atoms with Crippen LogP contribution < -0.4 is 0 Å². The van der Waals surface area contributed by atoms with E-state index in [4.69, 9.17) is 4.74 Å². The highest BCUT2D eigenvalue weighted by atomic mass is 32.2. The molecule has 5 fully saturated rings. The molecule has 0 N–H and O–H groups in total. The second kappa shape index (κ2) is 3.88. The summed E-state index contributed by atoms with van der Waals surface area (Å²) in [5, 5.41) is 0. The lowest BCUT2D eigenvalue weighted by molar-refractivity contribution is -0.173. The molecule has 1 aliphatic carbocycles. The van der Waals surface area contributed by atoms with Crippen molar-refractivity contribution in [1.29, 1.82) is 0 Å². The zero-order valence-electron chi connectivity index (χ0n) is 10.6. The number of rotatable bonds is 0. The highest BCUT2D eigenvalue weighted by Gasteiger charge is 2.57. The first kappa shape index (κ1) is 11.1. The summed E-state index contributed by atoms with van der Waals surface area (Å²) in [6, 6.07) is 0. The topological polar surface area (TPSA) is 12.5 Å². The Balaban J connectivity index is 1.56. The Hall–Kier alpha value is 0.270. The summed E-state index contributed by atoms with van der Waals surface area (Å²) in [6.07, 6.45) is 9.59. The van der Waals surface area contributed by atoms with Crippen LogP contribution in [0.4, 0.5) is 0 Å². The van der Waals surface area contributed by atoms with Gasteiger partial charge in [0.2, 0.25) is 0 Å². The van der Waals surface area contributed by atoms with Crippen molar-refractivity contribution < 1.29 is 4.74 Å². The molecule has 2 bridgehead atoms. The van der Waals surface area contributed by atoms with E-state index in [1.54, 1.807) is 0 Å². The monoisotopic (exact) mass is 253 g/mol. The second-order valence-electron chi connectivity index (χ2n) is 6.48. The maximum Gasteiger partial charge on any atom is 0.114 e. The van der Waals surface area contributed by atoms with Crippen LogP contribution >= 0.6 is 11.8 Å². The first-order valence-electron chi connectivity index (χ1n) is 7.37. The summed E-state index contributed by atoms with van der Waals surface area (Å²) >= 11 is 2.16. The smallest absolute Gasteiger partial charge is 0.114 e. The minimum Gasteiger partial charge on any atom is -0.355 e. The zero-order chi connectivity index (χ0) is 11.3. The van der Waals surface area contributed by atoms with Gasteiger partial charge < -0.3 is 9.64 Å². The van der Waals surface area contributed by atoms with Crippen molar-refractivity contribution in [2.24, 2.45) is 5.92 Å². The molecule has 2 nitrogen and oxygen atoms in total. The SMILES string of the molecule is C1CCC2(CC1)OC1(CS2)CN2CCC1CC2. The summed E-state index contributed by atoms with van der Waals surface area (Å²) < 4.78 is 6.77. The normalized spacial score (nSPS) is 48.0. The molecule has 5 rings (SSSR count). The van der Waals surface area contributed by atoms with Crippen LogP contribution in [0, 0.1) is 5.92 Å². The number of fused-ring (bicyclic) bond motifs is 2. The molecule has 4 saturated heterocycles. The summed E-state index contributed by atoms with van der Waals surface area (Å²) in [6.45, 7) is 3.88. The maximum atomic E-state index is 6.77. The van der Waals surface area contributed by atoms with Gasteiger partial charge in [-0.1, -0.05) is 6.42 Å². The van der Waals surface area contributed by atoms with E-state index >= 15 is 0 Å². The molecule has 0 aromatic heterocycles. The highest BCUT2D eigenvalue weighted by Crippen LogP contribution is 2.55. The van der Waals surface area contributed by atoms with Crippen LogP contribution in [-0.4, -0.2) is 40.8 Å². The molecule has 17 heavy (non-hydrogen) atoms. The molecule has 96 valence electrons. The van der Waals surface area contributed by atoms with Gasteiger partial charge in [0, 0.05) is 12.3 Å². The lowest BCUT2D eigenvalue weighted by atomic mass is 9.76. The third-order valence-electron chi connectivity index (χ3n) is 5.41. The quantitative estimate of drug-likeness (QED) is 0.658. The molecule has 3 heteroatoms. The fourth-order valence-corrected chi connectivity index (χ4v) is 6.12. The fourth-order valence-electron chi connectivity index (χ4n) is 4.42. The van der Waals surface area contributed by atoms with Crippen molar-refractivity contribution in [2.45, 2.75) is 55.5 Å². The molecule has 4 aliphatic heterocycles. The first-order valence-corrected chi connectivity index (χ1v) is 8.35. The number of hydrogen-bond acceptors (Lipinski definition) is 3. The van der Waals surface area contributed by atoms with Gasteiger partial charge in [0.1, 0.15) is 4.93 Å². The Labute approximate surface area is 108 Å². The van der Waals surface area contributed by atoms with Crippen molar-refractivity contribution >= 4 is 11.8 Å². The van der Waals surface area contributed by atoms with Crippen LogP contribution in [0.25, 0.3) is 0 Å². The minimum atomic E-state index is 0.233. The molecule has 0 aromatic rings. The molecule has 2 spiro atoms. The van der Waals surface area contributed by atoms with Crippen molar-refractivity contribution in [3.05, 3.63) is 0 Å². The lowest BCUT2D eigenvalue weighted by Gasteiger charge is -2.51. The van der Waals surface area contributed by atoms with Crippen LogP contribution in [0.15, 0.2) is 0 Å². The number of hydrogen-bond donors (Lipinski definition) is 0. The van der Waals surface area contributed by atoms with Gasteiger partial charge in [-0.2, -0.15) is 0 Å². The van der Waals surface area contributed by atoms with E-state index in [1.165, 1.54) is 70.3 Å². The van der Waals surface area contributed by atoms with Gasteiger partial charge in [-0.15, -0.1) is 11.8 Å². The lowest BCUT2D eigenvalue weighted by Crippen LogP contribution is -2.61. The van der Waals surface area contributed by atoms with Gasteiger partial charge >= 0.3 is 0 Å². The Morgan fingerprint density at radius 2 is 1.82 bits per heavy atom. The number of piperidine rings is 3. The maximum absolute atomic E-state index is 6.77.